The van der Waals surface area contributed by atoms with Crippen LogP contribution < -0.4 is 5.73 Å². The van der Waals surface area contributed by atoms with Crippen LogP contribution in [0.5, 0.6) is 0 Å². The molecule has 1 aliphatic rings. The third-order valence-corrected chi connectivity index (χ3v) is 4.11. The van der Waals surface area contributed by atoms with Crippen molar-refractivity contribution >= 4 is 39.4 Å². The molecular formula is C11H12IN7. The molecule has 8 heteroatoms. The number of hydrogen-bond acceptors (Lipinski definition) is 6. The van der Waals surface area contributed by atoms with E-state index in [9.17, 15) is 0 Å². The maximum Gasteiger partial charge on any atom is 0.179 e. The number of likely N-dealkylation sites (tertiary alicyclic amines) is 1. The fourth-order valence-electron chi connectivity index (χ4n) is 2.45. The van der Waals surface area contributed by atoms with E-state index in [0.29, 0.717) is 12.4 Å². The molecule has 0 aliphatic carbocycles. The molecular weight excluding hydrogens is 357 g/mol. The van der Waals surface area contributed by atoms with Crippen molar-refractivity contribution in [1.29, 1.82) is 5.26 Å². The van der Waals surface area contributed by atoms with E-state index in [4.69, 9.17) is 11.0 Å². The molecule has 0 amide bonds. The smallest absolute Gasteiger partial charge is 0.179 e. The van der Waals surface area contributed by atoms with E-state index >= 15 is 0 Å². The molecule has 0 saturated carbocycles. The van der Waals surface area contributed by atoms with Gasteiger partial charge in [-0.2, -0.15) is 10.4 Å². The van der Waals surface area contributed by atoms with Gasteiger partial charge in [0, 0.05) is 6.54 Å². The number of anilines is 1. The third kappa shape index (κ3) is 2.07. The maximum absolute atomic E-state index is 9.02. The molecule has 7 nitrogen and oxygen atoms in total. The van der Waals surface area contributed by atoms with Crippen LogP contribution >= 0.6 is 22.6 Å². The van der Waals surface area contributed by atoms with E-state index in [2.05, 4.69) is 43.9 Å². The molecule has 3 heterocycles. The second-order valence-electron chi connectivity index (χ2n) is 4.53. The number of halogens is 1. The lowest BCUT2D eigenvalue weighted by molar-refractivity contribution is 0.236. The monoisotopic (exact) mass is 369 g/mol. The SMILES string of the molecule is N#CN1CCCC(n2nc(I)c3c(N)ncnc32)C1. The summed E-state index contributed by atoms with van der Waals surface area (Å²) in [7, 11) is 0. The third-order valence-electron chi connectivity index (χ3n) is 3.36. The summed E-state index contributed by atoms with van der Waals surface area (Å²) in [6.45, 7) is 1.49. The van der Waals surface area contributed by atoms with E-state index in [0.717, 1.165) is 34.1 Å². The van der Waals surface area contributed by atoms with Gasteiger partial charge in [0.1, 0.15) is 15.8 Å². The van der Waals surface area contributed by atoms with Crippen molar-refractivity contribution in [2.45, 2.75) is 18.9 Å². The first-order chi connectivity index (χ1) is 9.20. The number of piperidine rings is 1. The molecule has 1 aliphatic heterocycles. The number of fused-ring (bicyclic) bond motifs is 1. The van der Waals surface area contributed by atoms with Crippen LogP contribution in [0.1, 0.15) is 18.9 Å². The lowest BCUT2D eigenvalue weighted by atomic mass is 10.1. The van der Waals surface area contributed by atoms with E-state index in [1.54, 1.807) is 4.90 Å². The average molecular weight is 369 g/mol. The van der Waals surface area contributed by atoms with Gasteiger partial charge in [-0.1, -0.05) is 0 Å². The predicted molar refractivity (Wildman–Crippen MR) is 77.9 cm³/mol. The molecule has 2 aromatic rings. The minimum atomic E-state index is 0.161. The number of rotatable bonds is 1. The summed E-state index contributed by atoms with van der Waals surface area (Å²) in [4.78, 5) is 10.1. The van der Waals surface area contributed by atoms with Crippen molar-refractivity contribution in [1.82, 2.24) is 24.6 Å². The summed E-state index contributed by atoms with van der Waals surface area (Å²) in [6, 6.07) is 0.161. The lowest BCUT2D eigenvalue weighted by Gasteiger charge is -2.28. The Balaban J connectivity index is 2.06. The van der Waals surface area contributed by atoms with Gasteiger partial charge in [0.15, 0.2) is 11.8 Å². The molecule has 0 spiro atoms. The summed E-state index contributed by atoms with van der Waals surface area (Å²) in [6.07, 6.45) is 5.64. The Kier molecular flexibility index (Phi) is 3.14. The van der Waals surface area contributed by atoms with Crippen LogP contribution in [0.3, 0.4) is 0 Å². The maximum atomic E-state index is 9.02. The molecule has 2 aromatic heterocycles. The molecule has 2 N–H and O–H groups in total. The van der Waals surface area contributed by atoms with Gasteiger partial charge in [0.25, 0.3) is 0 Å². The number of hydrogen-bond donors (Lipinski definition) is 1. The number of nitrogens with two attached hydrogens (primary N) is 1. The van der Waals surface area contributed by atoms with Gasteiger partial charge in [0.05, 0.1) is 18.0 Å². The minimum absolute atomic E-state index is 0.161. The summed E-state index contributed by atoms with van der Waals surface area (Å²) in [5.41, 5.74) is 6.63. The van der Waals surface area contributed by atoms with E-state index in [1.165, 1.54) is 6.33 Å². The van der Waals surface area contributed by atoms with Crippen molar-refractivity contribution in [2.24, 2.45) is 0 Å². The van der Waals surface area contributed by atoms with Gasteiger partial charge in [-0.25, -0.2) is 14.6 Å². The largest absolute Gasteiger partial charge is 0.383 e. The number of nitrogens with zero attached hydrogens (tertiary/aromatic N) is 6. The average Bonchev–Trinajstić information content (AvgIpc) is 2.78. The number of nitriles is 1. The minimum Gasteiger partial charge on any atom is -0.383 e. The van der Waals surface area contributed by atoms with Crippen LogP contribution in [-0.2, 0) is 0 Å². The standard InChI is InChI=1S/C11H12IN7/c12-9-8-10(14)15-6-16-11(8)19(17-9)7-2-1-3-18(4-7)5-13/h6-7H,1-4H2,(H2,14,15,16). The summed E-state index contributed by atoms with van der Waals surface area (Å²) < 4.78 is 2.69. The Morgan fingerprint density at radius 2 is 2.32 bits per heavy atom. The normalized spacial score (nSPS) is 19.6. The second-order valence-corrected chi connectivity index (χ2v) is 5.56. The molecule has 1 saturated heterocycles. The zero-order valence-corrected chi connectivity index (χ0v) is 12.3. The first-order valence-corrected chi connectivity index (χ1v) is 7.07. The molecule has 0 bridgehead atoms. The van der Waals surface area contributed by atoms with E-state index in [-0.39, 0.29) is 6.04 Å². The zero-order chi connectivity index (χ0) is 13.4. The number of nitrogen functional groups attached to an aromatic ring is 1. The molecule has 1 unspecified atom stereocenters. The Morgan fingerprint density at radius 3 is 3.11 bits per heavy atom. The van der Waals surface area contributed by atoms with Crippen molar-refractivity contribution in [3.63, 3.8) is 0 Å². The van der Waals surface area contributed by atoms with Crippen LogP contribution in [0, 0.1) is 15.2 Å². The van der Waals surface area contributed by atoms with Gasteiger partial charge in [-0.05, 0) is 35.4 Å². The summed E-state index contributed by atoms with van der Waals surface area (Å²) in [5.74, 6) is 0.452. The molecule has 0 radical (unpaired) electrons. The Labute approximate surface area is 123 Å². The fourth-order valence-corrected chi connectivity index (χ4v) is 3.20. The first kappa shape index (κ1) is 12.4. The van der Waals surface area contributed by atoms with Crippen molar-refractivity contribution < 1.29 is 0 Å². The van der Waals surface area contributed by atoms with Gasteiger partial charge >= 0.3 is 0 Å². The van der Waals surface area contributed by atoms with Gasteiger partial charge in [-0.3, -0.25) is 0 Å². The molecule has 1 fully saturated rings. The Hall–Kier alpha value is -1.63. The molecule has 0 aromatic carbocycles. The quantitative estimate of drug-likeness (QED) is 0.598. The van der Waals surface area contributed by atoms with Crippen LogP contribution in [-0.4, -0.2) is 37.7 Å². The zero-order valence-electron chi connectivity index (χ0n) is 10.1. The highest BCUT2D eigenvalue weighted by molar-refractivity contribution is 14.1. The van der Waals surface area contributed by atoms with Crippen LogP contribution in [0.15, 0.2) is 6.33 Å². The van der Waals surface area contributed by atoms with Gasteiger partial charge in [0.2, 0.25) is 0 Å². The van der Waals surface area contributed by atoms with Gasteiger partial charge < -0.3 is 10.6 Å². The van der Waals surface area contributed by atoms with Crippen LogP contribution in [0.4, 0.5) is 5.82 Å². The lowest BCUT2D eigenvalue weighted by Crippen LogP contribution is -2.33. The Bertz CT molecular complexity index is 659. The van der Waals surface area contributed by atoms with Gasteiger partial charge in [-0.15, -0.1) is 0 Å². The first-order valence-electron chi connectivity index (χ1n) is 5.99. The highest BCUT2D eigenvalue weighted by Crippen LogP contribution is 2.28. The highest BCUT2D eigenvalue weighted by Gasteiger charge is 2.25. The summed E-state index contributed by atoms with van der Waals surface area (Å²) in [5, 5.41) is 14.3. The molecule has 98 valence electrons. The van der Waals surface area contributed by atoms with Crippen LogP contribution in [0.2, 0.25) is 0 Å². The van der Waals surface area contributed by atoms with E-state index < -0.39 is 0 Å². The second kappa shape index (κ2) is 4.80. The predicted octanol–water partition coefficient (Wildman–Crippen LogP) is 1.13. The summed E-state index contributed by atoms with van der Waals surface area (Å²) >= 11 is 2.14. The van der Waals surface area contributed by atoms with Crippen molar-refractivity contribution in [3.05, 3.63) is 10.0 Å². The number of aromatic nitrogens is 4. The molecule has 19 heavy (non-hydrogen) atoms. The molecule has 1 atom stereocenters. The highest BCUT2D eigenvalue weighted by atomic mass is 127. The fraction of sp³-hybridized carbons (Fsp3) is 0.455. The Morgan fingerprint density at radius 1 is 1.47 bits per heavy atom. The van der Waals surface area contributed by atoms with Crippen LogP contribution in [0.25, 0.3) is 11.0 Å². The molecule has 3 rings (SSSR count). The van der Waals surface area contributed by atoms with Crippen molar-refractivity contribution in [3.8, 4) is 6.19 Å². The van der Waals surface area contributed by atoms with E-state index in [1.807, 2.05) is 4.68 Å². The topological polar surface area (TPSA) is 96.7 Å². The van der Waals surface area contributed by atoms with Crippen molar-refractivity contribution in [2.75, 3.05) is 18.8 Å².